The van der Waals surface area contributed by atoms with Crippen molar-refractivity contribution < 1.29 is 9.53 Å². The Balaban J connectivity index is 1.53. The predicted molar refractivity (Wildman–Crippen MR) is 98.6 cm³/mol. The van der Waals surface area contributed by atoms with Crippen molar-refractivity contribution >= 4 is 5.91 Å². The van der Waals surface area contributed by atoms with Crippen LogP contribution in [-0.4, -0.2) is 24.5 Å². The van der Waals surface area contributed by atoms with E-state index >= 15 is 0 Å². The molecule has 0 aromatic heterocycles. The summed E-state index contributed by atoms with van der Waals surface area (Å²) in [5.74, 6) is 1.27. The van der Waals surface area contributed by atoms with Crippen LogP contribution in [-0.2, 0) is 17.6 Å². The SMILES string of the molecule is COc1ccccc1CC1CCN(C2CCCc3ccccc32)C1=O. The summed E-state index contributed by atoms with van der Waals surface area (Å²) in [4.78, 5) is 15.2. The summed E-state index contributed by atoms with van der Waals surface area (Å²) >= 11 is 0. The van der Waals surface area contributed by atoms with Crippen LogP contribution in [0, 0.1) is 5.92 Å². The van der Waals surface area contributed by atoms with E-state index in [4.69, 9.17) is 4.74 Å². The van der Waals surface area contributed by atoms with Crippen molar-refractivity contribution in [2.45, 2.75) is 38.1 Å². The first-order valence-corrected chi connectivity index (χ1v) is 9.28. The highest BCUT2D eigenvalue weighted by Gasteiger charge is 2.38. The standard InChI is InChI=1S/C22H25NO2/c1-25-21-12-5-3-8-17(21)15-18-13-14-23(22(18)24)20-11-6-9-16-7-2-4-10-19(16)20/h2-5,7-8,10,12,18,20H,6,9,11,13-15H2,1H3. The molecular formula is C22H25NO2. The Morgan fingerprint density at radius 3 is 2.76 bits per heavy atom. The Hall–Kier alpha value is -2.29. The van der Waals surface area contributed by atoms with Gasteiger partial charge in [-0.1, -0.05) is 42.5 Å². The van der Waals surface area contributed by atoms with Crippen LogP contribution in [0.3, 0.4) is 0 Å². The minimum Gasteiger partial charge on any atom is -0.496 e. The van der Waals surface area contributed by atoms with Crippen LogP contribution in [0.2, 0.25) is 0 Å². The number of nitrogens with zero attached hydrogens (tertiary/aromatic N) is 1. The molecule has 1 amide bonds. The molecule has 2 aliphatic rings. The lowest BCUT2D eigenvalue weighted by atomic mass is 9.87. The topological polar surface area (TPSA) is 29.5 Å². The number of carbonyl (C=O) groups is 1. The lowest BCUT2D eigenvalue weighted by Crippen LogP contribution is -2.34. The highest BCUT2D eigenvalue weighted by Crippen LogP contribution is 2.38. The van der Waals surface area contributed by atoms with Crippen LogP contribution < -0.4 is 4.74 Å². The molecule has 0 spiro atoms. The number of ether oxygens (including phenoxy) is 1. The molecule has 25 heavy (non-hydrogen) atoms. The fourth-order valence-corrected chi connectivity index (χ4v) is 4.45. The minimum atomic E-state index is 0.0744. The van der Waals surface area contributed by atoms with Gasteiger partial charge in [0.15, 0.2) is 0 Å². The molecule has 130 valence electrons. The predicted octanol–water partition coefficient (Wildman–Crippen LogP) is 4.16. The smallest absolute Gasteiger partial charge is 0.226 e. The second-order valence-electron chi connectivity index (χ2n) is 7.14. The van der Waals surface area contributed by atoms with Crippen molar-refractivity contribution in [3.63, 3.8) is 0 Å². The van der Waals surface area contributed by atoms with E-state index in [0.29, 0.717) is 5.91 Å². The van der Waals surface area contributed by atoms with E-state index in [2.05, 4.69) is 35.2 Å². The van der Waals surface area contributed by atoms with Crippen LogP contribution in [0.4, 0.5) is 0 Å². The maximum atomic E-state index is 13.1. The molecule has 1 aliphatic heterocycles. The molecule has 2 atom stereocenters. The van der Waals surface area contributed by atoms with Crippen molar-refractivity contribution in [1.29, 1.82) is 0 Å². The molecular weight excluding hydrogens is 310 g/mol. The maximum absolute atomic E-state index is 13.1. The molecule has 2 unspecified atom stereocenters. The Kier molecular flexibility index (Phi) is 4.48. The van der Waals surface area contributed by atoms with Gasteiger partial charge in [-0.15, -0.1) is 0 Å². The summed E-state index contributed by atoms with van der Waals surface area (Å²) in [7, 11) is 1.70. The number of rotatable bonds is 4. The third-order valence-corrected chi connectivity index (χ3v) is 5.72. The van der Waals surface area contributed by atoms with Gasteiger partial charge in [-0.25, -0.2) is 0 Å². The number of carbonyl (C=O) groups excluding carboxylic acids is 1. The second-order valence-corrected chi connectivity index (χ2v) is 7.14. The molecule has 2 aromatic carbocycles. The minimum absolute atomic E-state index is 0.0744. The van der Waals surface area contributed by atoms with Crippen LogP contribution in [0.1, 0.15) is 42.0 Å². The number of hydrogen-bond donors (Lipinski definition) is 0. The van der Waals surface area contributed by atoms with Crippen LogP contribution >= 0.6 is 0 Å². The van der Waals surface area contributed by atoms with Crippen molar-refractivity contribution in [3.05, 3.63) is 65.2 Å². The summed E-state index contributed by atoms with van der Waals surface area (Å²) in [6.07, 6.45) is 5.11. The highest BCUT2D eigenvalue weighted by molar-refractivity contribution is 5.82. The first-order valence-electron chi connectivity index (χ1n) is 9.28. The number of hydrogen-bond acceptors (Lipinski definition) is 2. The fourth-order valence-electron chi connectivity index (χ4n) is 4.45. The lowest BCUT2D eigenvalue weighted by molar-refractivity contribution is -0.133. The summed E-state index contributed by atoms with van der Waals surface area (Å²) in [5.41, 5.74) is 3.91. The quantitative estimate of drug-likeness (QED) is 0.839. The maximum Gasteiger partial charge on any atom is 0.226 e. The zero-order chi connectivity index (χ0) is 17.2. The summed E-state index contributed by atoms with van der Waals surface area (Å²) < 4.78 is 5.46. The van der Waals surface area contributed by atoms with Crippen molar-refractivity contribution in [1.82, 2.24) is 4.90 Å². The molecule has 1 aliphatic carbocycles. The van der Waals surface area contributed by atoms with Crippen molar-refractivity contribution in [2.75, 3.05) is 13.7 Å². The van der Waals surface area contributed by atoms with Crippen LogP contribution in [0.5, 0.6) is 5.75 Å². The van der Waals surface area contributed by atoms with Crippen molar-refractivity contribution in [2.24, 2.45) is 5.92 Å². The zero-order valence-electron chi connectivity index (χ0n) is 14.8. The van der Waals surface area contributed by atoms with Crippen molar-refractivity contribution in [3.8, 4) is 5.75 Å². The number of aryl methyl sites for hydroxylation is 1. The molecule has 0 radical (unpaired) electrons. The number of amides is 1. The van der Waals surface area contributed by atoms with Gasteiger partial charge < -0.3 is 9.64 Å². The van der Waals surface area contributed by atoms with E-state index in [9.17, 15) is 4.79 Å². The molecule has 1 saturated heterocycles. The monoisotopic (exact) mass is 335 g/mol. The molecule has 0 saturated carbocycles. The molecule has 1 fully saturated rings. The van der Waals surface area contributed by atoms with Gasteiger partial charge >= 0.3 is 0 Å². The van der Waals surface area contributed by atoms with Gasteiger partial charge in [-0.3, -0.25) is 4.79 Å². The van der Waals surface area contributed by atoms with E-state index in [-0.39, 0.29) is 12.0 Å². The Morgan fingerprint density at radius 1 is 1.08 bits per heavy atom. The van der Waals surface area contributed by atoms with E-state index in [1.165, 1.54) is 17.5 Å². The zero-order valence-corrected chi connectivity index (χ0v) is 14.8. The van der Waals surface area contributed by atoms with Gasteiger partial charge in [0.25, 0.3) is 0 Å². The Bertz CT molecular complexity index is 770. The Morgan fingerprint density at radius 2 is 1.88 bits per heavy atom. The number of methoxy groups -OCH3 is 1. The van der Waals surface area contributed by atoms with Gasteiger partial charge in [0.1, 0.15) is 5.75 Å². The summed E-state index contributed by atoms with van der Waals surface area (Å²) in [6.45, 7) is 0.873. The molecule has 2 aromatic rings. The van der Waals surface area contributed by atoms with Gasteiger partial charge in [-0.2, -0.15) is 0 Å². The second kappa shape index (κ2) is 6.91. The molecule has 3 heteroatoms. The van der Waals surface area contributed by atoms with Crippen LogP contribution in [0.15, 0.2) is 48.5 Å². The molecule has 0 bridgehead atoms. The fraction of sp³-hybridized carbons (Fsp3) is 0.409. The van der Waals surface area contributed by atoms with Gasteiger partial charge in [-0.05, 0) is 54.9 Å². The van der Waals surface area contributed by atoms with E-state index in [0.717, 1.165) is 43.5 Å². The third kappa shape index (κ3) is 3.04. The van der Waals surface area contributed by atoms with Gasteiger partial charge in [0, 0.05) is 12.5 Å². The first kappa shape index (κ1) is 16.2. The number of benzene rings is 2. The summed E-state index contributed by atoms with van der Waals surface area (Å²) in [5, 5.41) is 0. The number of fused-ring (bicyclic) bond motifs is 1. The first-order chi connectivity index (χ1) is 12.3. The molecule has 4 rings (SSSR count). The molecule has 1 heterocycles. The number of para-hydroxylation sites is 1. The van der Waals surface area contributed by atoms with E-state index in [1.807, 2.05) is 18.2 Å². The third-order valence-electron chi connectivity index (χ3n) is 5.72. The average Bonchev–Trinajstić information content (AvgIpc) is 3.02. The average molecular weight is 335 g/mol. The lowest BCUT2D eigenvalue weighted by Gasteiger charge is -2.33. The van der Waals surface area contributed by atoms with E-state index in [1.54, 1.807) is 7.11 Å². The van der Waals surface area contributed by atoms with E-state index < -0.39 is 0 Å². The number of likely N-dealkylation sites (tertiary alicyclic amines) is 1. The summed E-state index contributed by atoms with van der Waals surface area (Å²) in [6, 6.07) is 16.9. The van der Waals surface area contributed by atoms with Gasteiger partial charge in [0.2, 0.25) is 5.91 Å². The Labute approximate surface area is 149 Å². The van der Waals surface area contributed by atoms with Crippen LogP contribution in [0.25, 0.3) is 0 Å². The molecule has 3 nitrogen and oxygen atoms in total. The van der Waals surface area contributed by atoms with Gasteiger partial charge in [0.05, 0.1) is 13.2 Å². The molecule has 0 N–H and O–H groups in total. The highest BCUT2D eigenvalue weighted by atomic mass is 16.5. The largest absolute Gasteiger partial charge is 0.496 e. The normalized spacial score (nSPS) is 22.8.